The van der Waals surface area contributed by atoms with Crippen molar-refractivity contribution in [2.75, 3.05) is 30.3 Å². The van der Waals surface area contributed by atoms with Gasteiger partial charge in [0.15, 0.2) is 0 Å². The number of amides is 1. The summed E-state index contributed by atoms with van der Waals surface area (Å²) in [7, 11) is 0. The Kier molecular flexibility index (Phi) is 5.30. The zero-order chi connectivity index (χ0) is 17.9. The fourth-order valence-electron chi connectivity index (χ4n) is 2.94. The second-order valence-corrected chi connectivity index (χ2v) is 8.02. The molecule has 1 amide bonds. The van der Waals surface area contributed by atoms with Crippen molar-refractivity contribution in [1.29, 1.82) is 0 Å². The van der Waals surface area contributed by atoms with E-state index in [4.69, 9.17) is 4.74 Å². The van der Waals surface area contributed by atoms with Gasteiger partial charge in [0.2, 0.25) is 0 Å². The Hall–Kier alpha value is -2.05. The van der Waals surface area contributed by atoms with Gasteiger partial charge in [-0.3, -0.25) is 0 Å². The van der Waals surface area contributed by atoms with E-state index in [1.54, 1.807) is 6.33 Å². The molecule has 0 unspecified atom stereocenters. The molecule has 25 heavy (non-hydrogen) atoms. The normalized spacial score (nSPS) is 20.9. The van der Waals surface area contributed by atoms with Gasteiger partial charge < -0.3 is 20.3 Å². The molecule has 0 spiro atoms. The number of anilines is 2. The maximum atomic E-state index is 12.2. The summed E-state index contributed by atoms with van der Waals surface area (Å²) in [5, 5.41) is 6.76. The van der Waals surface area contributed by atoms with E-state index < -0.39 is 5.60 Å². The molecular weight excluding hydrogens is 318 g/mol. The van der Waals surface area contributed by atoms with Crippen molar-refractivity contribution in [1.82, 2.24) is 14.9 Å². The summed E-state index contributed by atoms with van der Waals surface area (Å²) >= 11 is 0. The lowest BCUT2D eigenvalue weighted by molar-refractivity contribution is 0.0172. The van der Waals surface area contributed by atoms with Crippen LogP contribution < -0.4 is 10.6 Å². The first kappa shape index (κ1) is 17.8. The van der Waals surface area contributed by atoms with Crippen molar-refractivity contribution >= 4 is 17.7 Å². The summed E-state index contributed by atoms with van der Waals surface area (Å²) in [6.07, 6.45) is 5.91. The van der Waals surface area contributed by atoms with Crippen molar-refractivity contribution in [3.8, 4) is 0 Å². The van der Waals surface area contributed by atoms with Crippen LogP contribution >= 0.6 is 0 Å². The van der Waals surface area contributed by atoms with Gasteiger partial charge in [-0.05, 0) is 52.4 Å². The summed E-state index contributed by atoms with van der Waals surface area (Å²) in [6.45, 7) is 7.98. The number of hydrogen-bond donors (Lipinski definition) is 2. The number of nitrogens with zero attached hydrogens (tertiary/aromatic N) is 3. The molecule has 3 rings (SSSR count). The van der Waals surface area contributed by atoms with Gasteiger partial charge >= 0.3 is 6.09 Å². The highest BCUT2D eigenvalue weighted by molar-refractivity contribution is 5.68. The van der Waals surface area contributed by atoms with Crippen LogP contribution in [-0.4, -0.2) is 52.2 Å². The molecule has 2 aliphatic rings. The van der Waals surface area contributed by atoms with E-state index in [-0.39, 0.29) is 6.09 Å². The molecule has 0 radical (unpaired) electrons. The van der Waals surface area contributed by atoms with E-state index in [9.17, 15) is 4.79 Å². The van der Waals surface area contributed by atoms with Crippen LogP contribution in [-0.2, 0) is 4.74 Å². The molecular formula is C18H29N5O2. The highest BCUT2D eigenvalue weighted by Gasteiger charge is 2.27. The first-order valence-electron chi connectivity index (χ1n) is 9.19. The van der Waals surface area contributed by atoms with E-state index in [0.29, 0.717) is 12.0 Å². The van der Waals surface area contributed by atoms with Crippen molar-refractivity contribution in [3.63, 3.8) is 0 Å². The van der Waals surface area contributed by atoms with Crippen LogP contribution in [0.3, 0.4) is 0 Å². The molecule has 1 aliphatic carbocycles. The Morgan fingerprint density at radius 1 is 1.28 bits per heavy atom. The van der Waals surface area contributed by atoms with Crippen LogP contribution in [0.5, 0.6) is 0 Å². The molecule has 1 aromatic heterocycles. The minimum atomic E-state index is -0.450. The summed E-state index contributed by atoms with van der Waals surface area (Å²) in [5.74, 6) is 2.10. The summed E-state index contributed by atoms with van der Waals surface area (Å²) in [5.41, 5.74) is -0.450. The number of ether oxygens (including phenoxy) is 1. The summed E-state index contributed by atoms with van der Waals surface area (Å²) in [6, 6.07) is 2.52. The SMILES string of the molecule is CC(C)(C)OC(=O)N1CCC[C@H](CNc2cc(NC3CC3)ncn2)C1. The third-order valence-electron chi connectivity index (χ3n) is 4.34. The molecule has 1 atom stereocenters. The van der Waals surface area contributed by atoms with Crippen molar-refractivity contribution in [2.24, 2.45) is 5.92 Å². The van der Waals surface area contributed by atoms with Gasteiger partial charge in [-0.25, -0.2) is 14.8 Å². The average Bonchev–Trinajstić information content (AvgIpc) is 3.36. The molecule has 2 N–H and O–H groups in total. The van der Waals surface area contributed by atoms with E-state index in [0.717, 1.165) is 44.1 Å². The Bertz CT molecular complexity index is 597. The Labute approximate surface area is 149 Å². The number of carbonyl (C=O) groups excluding carboxylic acids is 1. The molecule has 2 heterocycles. The van der Waals surface area contributed by atoms with E-state index >= 15 is 0 Å². The quantitative estimate of drug-likeness (QED) is 0.852. The van der Waals surface area contributed by atoms with Crippen LogP contribution in [0.2, 0.25) is 0 Å². The summed E-state index contributed by atoms with van der Waals surface area (Å²) in [4.78, 5) is 22.6. The predicted molar refractivity (Wildman–Crippen MR) is 97.7 cm³/mol. The maximum Gasteiger partial charge on any atom is 0.410 e. The van der Waals surface area contributed by atoms with Crippen molar-refractivity contribution < 1.29 is 9.53 Å². The second-order valence-electron chi connectivity index (χ2n) is 8.02. The molecule has 1 aromatic rings. The fraction of sp³-hybridized carbons (Fsp3) is 0.722. The number of carbonyl (C=O) groups is 1. The zero-order valence-corrected chi connectivity index (χ0v) is 15.4. The molecule has 7 nitrogen and oxygen atoms in total. The molecule has 1 aliphatic heterocycles. The first-order chi connectivity index (χ1) is 11.9. The topological polar surface area (TPSA) is 79.4 Å². The third kappa shape index (κ3) is 5.76. The van der Waals surface area contributed by atoms with Crippen LogP contribution in [0, 0.1) is 5.92 Å². The lowest BCUT2D eigenvalue weighted by Gasteiger charge is -2.34. The predicted octanol–water partition coefficient (Wildman–Crippen LogP) is 3.11. The first-order valence-corrected chi connectivity index (χ1v) is 9.19. The Morgan fingerprint density at radius 2 is 2.04 bits per heavy atom. The van der Waals surface area contributed by atoms with Crippen LogP contribution in [0.15, 0.2) is 12.4 Å². The molecule has 138 valence electrons. The minimum Gasteiger partial charge on any atom is -0.444 e. The molecule has 1 saturated carbocycles. The highest BCUT2D eigenvalue weighted by Crippen LogP contribution is 2.24. The lowest BCUT2D eigenvalue weighted by Crippen LogP contribution is -2.44. The molecule has 1 saturated heterocycles. The minimum absolute atomic E-state index is 0.213. The van der Waals surface area contributed by atoms with Gasteiger partial charge in [-0.15, -0.1) is 0 Å². The highest BCUT2D eigenvalue weighted by atomic mass is 16.6. The number of rotatable bonds is 5. The van der Waals surface area contributed by atoms with Gasteiger partial charge in [0.25, 0.3) is 0 Å². The van der Waals surface area contributed by atoms with Crippen molar-refractivity contribution in [3.05, 3.63) is 12.4 Å². The Morgan fingerprint density at radius 3 is 2.76 bits per heavy atom. The van der Waals surface area contributed by atoms with Crippen LogP contribution in [0.4, 0.5) is 16.4 Å². The molecule has 0 bridgehead atoms. The van der Waals surface area contributed by atoms with Gasteiger partial charge in [0, 0.05) is 31.7 Å². The van der Waals surface area contributed by atoms with Gasteiger partial charge in [0.05, 0.1) is 0 Å². The Balaban J connectivity index is 1.48. The van der Waals surface area contributed by atoms with Crippen LogP contribution in [0.25, 0.3) is 0 Å². The number of aromatic nitrogens is 2. The largest absolute Gasteiger partial charge is 0.444 e. The monoisotopic (exact) mass is 347 g/mol. The third-order valence-corrected chi connectivity index (χ3v) is 4.34. The number of hydrogen-bond acceptors (Lipinski definition) is 6. The van der Waals surface area contributed by atoms with E-state index in [1.165, 1.54) is 12.8 Å². The molecule has 7 heteroatoms. The van der Waals surface area contributed by atoms with Gasteiger partial charge in [-0.1, -0.05) is 0 Å². The molecule has 0 aromatic carbocycles. The summed E-state index contributed by atoms with van der Waals surface area (Å²) < 4.78 is 5.48. The number of nitrogens with one attached hydrogen (secondary N) is 2. The van der Waals surface area contributed by atoms with E-state index in [1.807, 2.05) is 31.7 Å². The lowest BCUT2D eigenvalue weighted by atomic mass is 9.98. The maximum absolute atomic E-state index is 12.2. The second kappa shape index (κ2) is 7.45. The number of likely N-dealkylation sites (tertiary alicyclic amines) is 1. The van der Waals surface area contributed by atoms with Crippen LogP contribution in [0.1, 0.15) is 46.5 Å². The molecule has 2 fully saturated rings. The van der Waals surface area contributed by atoms with Gasteiger partial charge in [-0.2, -0.15) is 0 Å². The van der Waals surface area contributed by atoms with E-state index in [2.05, 4.69) is 20.6 Å². The van der Waals surface area contributed by atoms with Crippen molar-refractivity contribution in [2.45, 2.75) is 58.1 Å². The fourth-order valence-corrected chi connectivity index (χ4v) is 2.94. The number of piperidine rings is 1. The smallest absolute Gasteiger partial charge is 0.410 e. The van der Waals surface area contributed by atoms with Gasteiger partial charge in [0.1, 0.15) is 23.6 Å². The average molecular weight is 347 g/mol. The standard InChI is InChI=1S/C18H29N5O2/c1-18(2,3)25-17(24)23-8-4-5-13(11-23)10-19-15-9-16(21-12-20-15)22-14-6-7-14/h9,12-14H,4-8,10-11H2,1-3H3,(H2,19,20,21,22)/t13-/m1/s1. The zero-order valence-electron chi connectivity index (χ0n) is 15.4.